The van der Waals surface area contributed by atoms with E-state index in [0.717, 1.165) is 13.0 Å². The van der Waals surface area contributed by atoms with Crippen LogP contribution in [0.25, 0.3) is 0 Å². The smallest absolute Gasteiger partial charge is 0.241 e. The number of ether oxygens (including phenoxy) is 1. The van der Waals surface area contributed by atoms with Gasteiger partial charge in [-0.15, -0.1) is 0 Å². The van der Waals surface area contributed by atoms with Crippen LogP contribution < -0.4 is 5.32 Å². The van der Waals surface area contributed by atoms with Gasteiger partial charge >= 0.3 is 0 Å². The van der Waals surface area contributed by atoms with Gasteiger partial charge in [0.2, 0.25) is 5.91 Å². The Morgan fingerprint density at radius 1 is 1.37 bits per heavy atom. The largest absolute Gasteiger partial charge is 0.376 e. The van der Waals surface area contributed by atoms with Crippen molar-refractivity contribution in [2.24, 2.45) is 5.92 Å². The van der Waals surface area contributed by atoms with Gasteiger partial charge in [-0.05, 0) is 25.2 Å². The van der Waals surface area contributed by atoms with Gasteiger partial charge in [0, 0.05) is 6.54 Å². The molecule has 110 valence electrons. The van der Waals surface area contributed by atoms with E-state index in [0.29, 0.717) is 18.6 Å². The van der Waals surface area contributed by atoms with Crippen molar-refractivity contribution in [3.05, 3.63) is 0 Å². The number of nitrogens with zero attached hydrogens (tertiary/aromatic N) is 1. The van der Waals surface area contributed by atoms with Crippen molar-refractivity contribution < 1.29 is 9.53 Å². The molecule has 4 nitrogen and oxygen atoms in total. The molecular formula is C15H28N2O2. The third kappa shape index (κ3) is 3.48. The van der Waals surface area contributed by atoms with Gasteiger partial charge in [0.15, 0.2) is 0 Å². The maximum absolute atomic E-state index is 12.3. The van der Waals surface area contributed by atoms with E-state index < -0.39 is 0 Å². The Morgan fingerprint density at radius 3 is 2.63 bits per heavy atom. The predicted molar refractivity (Wildman–Crippen MR) is 75.8 cm³/mol. The molecule has 0 aromatic rings. The van der Waals surface area contributed by atoms with E-state index in [1.807, 2.05) is 4.90 Å². The maximum Gasteiger partial charge on any atom is 0.241 e. The van der Waals surface area contributed by atoms with E-state index in [4.69, 9.17) is 4.74 Å². The third-order valence-electron chi connectivity index (χ3n) is 4.32. The molecular weight excluding hydrogens is 240 g/mol. The van der Waals surface area contributed by atoms with Crippen molar-refractivity contribution in [2.45, 2.75) is 71.2 Å². The van der Waals surface area contributed by atoms with E-state index in [9.17, 15) is 4.79 Å². The van der Waals surface area contributed by atoms with Crippen LogP contribution in [0.3, 0.4) is 0 Å². The summed E-state index contributed by atoms with van der Waals surface area (Å²) in [6.07, 6.45) is 6.44. The topological polar surface area (TPSA) is 41.6 Å². The molecule has 1 saturated carbocycles. The lowest BCUT2D eigenvalue weighted by Crippen LogP contribution is -2.43. The molecule has 1 saturated heterocycles. The number of nitrogens with one attached hydrogen (secondary N) is 1. The number of hydrogen-bond donors (Lipinski definition) is 1. The van der Waals surface area contributed by atoms with Gasteiger partial charge in [-0.1, -0.05) is 33.6 Å². The van der Waals surface area contributed by atoms with Gasteiger partial charge in [0.25, 0.3) is 0 Å². The van der Waals surface area contributed by atoms with E-state index in [1.165, 1.54) is 25.7 Å². The molecule has 2 rings (SSSR count). The maximum atomic E-state index is 12.3. The van der Waals surface area contributed by atoms with E-state index in [1.54, 1.807) is 0 Å². The normalized spacial score (nSPS) is 28.8. The van der Waals surface area contributed by atoms with Crippen LogP contribution in [0.5, 0.6) is 0 Å². The van der Waals surface area contributed by atoms with Crippen LogP contribution in [0.15, 0.2) is 0 Å². The fourth-order valence-electron chi connectivity index (χ4n) is 3.17. The van der Waals surface area contributed by atoms with Crippen molar-refractivity contribution in [2.75, 3.05) is 13.2 Å². The quantitative estimate of drug-likeness (QED) is 0.802. The molecule has 0 spiro atoms. The van der Waals surface area contributed by atoms with Gasteiger partial charge in [0.1, 0.15) is 0 Å². The van der Waals surface area contributed by atoms with Crippen LogP contribution in [0.2, 0.25) is 0 Å². The predicted octanol–water partition coefficient (Wildman–Crippen LogP) is 2.14. The second kappa shape index (κ2) is 6.71. The summed E-state index contributed by atoms with van der Waals surface area (Å²) < 4.78 is 5.89. The van der Waals surface area contributed by atoms with Crippen molar-refractivity contribution in [1.29, 1.82) is 0 Å². The zero-order valence-electron chi connectivity index (χ0n) is 12.5. The van der Waals surface area contributed by atoms with Crippen molar-refractivity contribution in [3.63, 3.8) is 0 Å². The first-order valence-electron chi connectivity index (χ1n) is 7.81. The summed E-state index contributed by atoms with van der Waals surface area (Å²) in [6, 6.07) is -0.00104. The molecule has 2 aliphatic rings. The number of carbonyl (C=O) groups excluding carboxylic acids is 1. The first kappa shape index (κ1) is 14.8. The zero-order chi connectivity index (χ0) is 13.8. The molecule has 0 radical (unpaired) electrons. The molecule has 4 heteroatoms. The van der Waals surface area contributed by atoms with Gasteiger partial charge in [-0.3, -0.25) is 10.1 Å². The highest BCUT2D eigenvalue weighted by Crippen LogP contribution is 2.22. The van der Waals surface area contributed by atoms with Crippen molar-refractivity contribution in [1.82, 2.24) is 10.2 Å². The second-order valence-corrected chi connectivity index (χ2v) is 6.13. The molecule has 0 aromatic carbocycles. The molecule has 1 aliphatic heterocycles. The molecule has 2 atom stereocenters. The van der Waals surface area contributed by atoms with Gasteiger partial charge < -0.3 is 9.64 Å². The lowest BCUT2D eigenvalue weighted by molar-refractivity contribution is -0.131. The standard InChI is InChI=1S/C15H28N2O2/c1-4-13-15(18)17(14(16-13)11(2)3)9-10-19-12-7-5-6-8-12/h11-14,16H,4-10H2,1-3H3. The van der Waals surface area contributed by atoms with E-state index in [2.05, 4.69) is 26.1 Å². The summed E-state index contributed by atoms with van der Waals surface area (Å²) in [5.41, 5.74) is 0. The fourth-order valence-corrected chi connectivity index (χ4v) is 3.17. The molecule has 0 aromatic heterocycles. The highest BCUT2D eigenvalue weighted by atomic mass is 16.5. The zero-order valence-corrected chi connectivity index (χ0v) is 12.5. The Hall–Kier alpha value is -0.610. The number of hydrogen-bond acceptors (Lipinski definition) is 3. The molecule has 2 fully saturated rings. The third-order valence-corrected chi connectivity index (χ3v) is 4.32. The fraction of sp³-hybridized carbons (Fsp3) is 0.933. The molecule has 0 bridgehead atoms. The molecule has 1 amide bonds. The van der Waals surface area contributed by atoms with Crippen LogP contribution >= 0.6 is 0 Å². The van der Waals surface area contributed by atoms with Crippen molar-refractivity contribution >= 4 is 5.91 Å². The SMILES string of the molecule is CCC1NC(C(C)C)N(CCOC2CCCC2)C1=O. The summed E-state index contributed by atoms with van der Waals surface area (Å²) in [5.74, 6) is 0.684. The summed E-state index contributed by atoms with van der Waals surface area (Å²) >= 11 is 0. The molecule has 2 unspecified atom stereocenters. The minimum absolute atomic E-state index is 0.00104. The Balaban J connectivity index is 1.83. The second-order valence-electron chi connectivity index (χ2n) is 6.13. The number of rotatable bonds is 6. The molecule has 1 heterocycles. The van der Waals surface area contributed by atoms with E-state index in [-0.39, 0.29) is 18.1 Å². The average Bonchev–Trinajstić information content (AvgIpc) is 2.98. The summed E-state index contributed by atoms with van der Waals surface area (Å²) in [5, 5.41) is 3.44. The van der Waals surface area contributed by atoms with Gasteiger partial charge in [0.05, 0.1) is 24.9 Å². The monoisotopic (exact) mass is 268 g/mol. The summed E-state index contributed by atoms with van der Waals surface area (Å²) in [4.78, 5) is 14.3. The molecule has 1 N–H and O–H groups in total. The first-order chi connectivity index (χ1) is 9.13. The lowest BCUT2D eigenvalue weighted by Gasteiger charge is -2.27. The Bertz CT molecular complexity index is 301. The number of carbonyl (C=O) groups is 1. The van der Waals surface area contributed by atoms with Gasteiger partial charge in [-0.25, -0.2) is 0 Å². The molecule has 19 heavy (non-hydrogen) atoms. The van der Waals surface area contributed by atoms with Crippen LogP contribution in [0.1, 0.15) is 52.9 Å². The number of amides is 1. The minimum Gasteiger partial charge on any atom is -0.376 e. The highest BCUT2D eigenvalue weighted by Gasteiger charge is 2.38. The van der Waals surface area contributed by atoms with E-state index >= 15 is 0 Å². The van der Waals surface area contributed by atoms with Crippen LogP contribution in [0.4, 0.5) is 0 Å². The first-order valence-corrected chi connectivity index (χ1v) is 7.81. The molecule has 1 aliphatic carbocycles. The Labute approximate surface area is 116 Å². The van der Waals surface area contributed by atoms with Crippen LogP contribution in [-0.4, -0.2) is 42.3 Å². The van der Waals surface area contributed by atoms with Gasteiger partial charge in [-0.2, -0.15) is 0 Å². The van der Waals surface area contributed by atoms with Crippen LogP contribution in [-0.2, 0) is 9.53 Å². The summed E-state index contributed by atoms with van der Waals surface area (Å²) in [6.45, 7) is 7.78. The lowest BCUT2D eigenvalue weighted by atomic mass is 10.1. The van der Waals surface area contributed by atoms with Crippen molar-refractivity contribution in [3.8, 4) is 0 Å². The minimum atomic E-state index is -0.00104. The Morgan fingerprint density at radius 2 is 2.05 bits per heavy atom. The van der Waals surface area contributed by atoms with Crippen LogP contribution in [0, 0.1) is 5.92 Å². The summed E-state index contributed by atoms with van der Waals surface area (Å²) in [7, 11) is 0. The average molecular weight is 268 g/mol. The Kier molecular flexibility index (Phi) is 5.22. The highest BCUT2D eigenvalue weighted by molar-refractivity contribution is 5.84.